The first-order valence-electron chi connectivity index (χ1n) is 9.46. The number of carbonyl (C=O) groups is 1. The lowest BCUT2D eigenvalue weighted by Crippen LogP contribution is -2.43. The van der Waals surface area contributed by atoms with E-state index in [1.165, 1.54) is 14.2 Å². The van der Waals surface area contributed by atoms with Crippen molar-refractivity contribution >= 4 is 16.8 Å². The molecule has 0 N–H and O–H groups in total. The van der Waals surface area contributed by atoms with E-state index in [0.717, 1.165) is 12.8 Å². The molecule has 1 amide bonds. The Morgan fingerprint density at radius 1 is 1.14 bits per heavy atom. The zero-order chi connectivity index (χ0) is 20.4. The molecular weight excluding hydrogens is 372 g/mol. The van der Waals surface area contributed by atoms with Gasteiger partial charge >= 0.3 is 0 Å². The van der Waals surface area contributed by atoms with Gasteiger partial charge in [0.2, 0.25) is 11.8 Å². The van der Waals surface area contributed by atoms with Crippen molar-refractivity contribution in [3.63, 3.8) is 0 Å². The van der Waals surface area contributed by atoms with E-state index in [0.29, 0.717) is 35.4 Å². The molecule has 0 bridgehead atoms. The van der Waals surface area contributed by atoms with Gasteiger partial charge in [0.15, 0.2) is 0 Å². The van der Waals surface area contributed by atoms with Crippen molar-refractivity contribution in [2.24, 2.45) is 0 Å². The quantitative estimate of drug-likeness (QED) is 0.675. The van der Waals surface area contributed by atoms with Crippen molar-refractivity contribution in [2.45, 2.75) is 18.9 Å². The molecule has 4 rings (SSSR count). The summed E-state index contributed by atoms with van der Waals surface area (Å²) in [6.45, 7) is 1.04. The monoisotopic (exact) mass is 394 g/mol. The van der Waals surface area contributed by atoms with E-state index in [2.05, 4.69) is 9.97 Å². The van der Waals surface area contributed by atoms with Gasteiger partial charge < -0.3 is 14.4 Å². The summed E-state index contributed by atoms with van der Waals surface area (Å²) in [5, 5.41) is 0.583. The predicted octanol–water partition coefficient (Wildman–Crippen LogP) is 2.29. The number of carbonyl (C=O) groups excluding carboxylic acids is 1. The molecule has 8 heteroatoms. The maximum atomic E-state index is 13.1. The van der Waals surface area contributed by atoms with Crippen molar-refractivity contribution in [1.82, 2.24) is 19.4 Å². The van der Waals surface area contributed by atoms with Gasteiger partial charge in [0, 0.05) is 19.2 Å². The number of piperidine rings is 1. The second-order valence-electron chi connectivity index (χ2n) is 6.93. The number of likely N-dealkylation sites (tertiary alicyclic amines) is 1. The summed E-state index contributed by atoms with van der Waals surface area (Å²) in [7, 11) is 2.98. The fourth-order valence-corrected chi connectivity index (χ4v) is 3.74. The zero-order valence-corrected chi connectivity index (χ0v) is 16.4. The zero-order valence-electron chi connectivity index (χ0n) is 16.4. The molecular formula is C21H22N4O4. The molecule has 3 heterocycles. The van der Waals surface area contributed by atoms with Crippen LogP contribution in [0, 0.1) is 0 Å². The maximum Gasteiger partial charge on any atom is 0.261 e. The van der Waals surface area contributed by atoms with Crippen molar-refractivity contribution in [3.8, 4) is 11.8 Å². The Morgan fingerprint density at radius 2 is 1.97 bits per heavy atom. The number of benzene rings is 1. The lowest BCUT2D eigenvalue weighted by atomic mass is 10.0. The molecule has 0 unspecified atom stereocenters. The molecule has 0 saturated carbocycles. The first-order chi connectivity index (χ1) is 14.1. The number of fused-ring (bicyclic) bond motifs is 1. The van der Waals surface area contributed by atoms with Crippen LogP contribution in [0.4, 0.5) is 0 Å². The van der Waals surface area contributed by atoms with Gasteiger partial charge in [-0.25, -0.2) is 4.98 Å². The van der Waals surface area contributed by atoms with Gasteiger partial charge in [-0.1, -0.05) is 12.1 Å². The van der Waals surface area contributed by atoms with E-state index in [1.54, 1.807) is 34.0 Å². The Labute approximate surface area is 167 Å². The molecule has 0 radical (unpaired) electrons. The number of methoxy groups -OCH3 is 2. The molecule has 3 aromatic rings. The van der Waals surface area contributed by atoms with Gasteiger partial charge in [-0.2, -0.15) is 4.98 Å². The van der Waals surface area contributed by atoms with Crippen LogP contribution in [0.15, 0.2) is 47.5 Å². The largest absolute Gasteiger partial charge is 0.481 e. The number of para-hydroxylation sites is 1. The van der Waals surface area contributed by atoms with E-state index >= 15 is 0 Å². The molecule has 1 atom stereocenters. The van der Waals surface area contributed by atoms with Crippen molar-refractivity contribution in [3.05, 3.63) is 58.6 Å². The first kappa shape index (κ1) is 18.9. The Morgan fingerprint density at radius 3 is 2.76 bits per heavy atom. The minimum Gasteiger partial charge on any atom is -0.481 e. The molecule has 1 aliphatic heterocycles. The highest BCUT2D eigenvalue weighted by atomic mass is 16.5. The second kappa shape index (κ2) is 7.90. The average molecular weight is 394 g/mol. The first-order valence-corrected chi connectivity index (χ1v) is 9.46. The summed E-state index contributed by atoms with van der Waals surface area (Å²) in [5.74, 6) is 0.424. The molecule has 1 aromatic carbocycles. The maximum absolute atomic E-state index is 13.1. The van der Waals surface area contributed by atoms with Crippen LogP contribution in [0.25, 0.3) is 10.9 Å². The summed E-state index contributed by atoms with van der Waals surface area (Å²) < 4.78 is 12.0. The Balaban J connectivity index is 1.61. The number of pyridine rings is 1. The number of aromatic nitrogens is 3. The highest BCUT2D eigenvalue weighted by Gasteiger charge is 2.28. The van der Waals surface area contributed by atoms with E-state index < -0.39 is 0 Å². The predicted molar refractivity (Wildman–Crippen MR) is 108 cm³/mol. The normalized spacial score (nSPS) is 16.6. The smallest absolute Gasteiger partial charge is 0.261 e. The molecule has 0 spiro atoms. The van der Waals surface area contributed by atoms with Crippen molar-refractivity contribution in [2.75, 3.05) is 27.3 Å². The Bertz CT molecular complexity index is 1110. The van der Waals surface area contributed by atoms with Gasteiger partial charge in [-0.05, 0) is 31.0 Å². The Kier molecular flexibility index (Phi) is 5.16. The Hall–Kier alpha value is -3.42. The number of nitrogens with zero attached hydrogens (tertiary/aromatic N) is 4. The van der Waals surface area contributed by atoms with Crippen LogP contribution in [0.3, 0.4) is 0 Å². The summed E-state index contributed by atoms with van der Waals surface area (Å²) in [4.78, 5) is 36.4. The number of amides is 1. The van der Waals surface area contributed by atoms with E-state index in [4.69, 9.17) is 9.47 Å². The SMILES string of the molecule is COc1ccc(C(=O)N2CCC[C@H](n3cnc4ccccc4c3=O)C2)c(OC)n1. The van der Waals surface area contributed by atoms with Crippen LogP contribution >= 0.6 is 0 Å². The van der Waals surface area contributed by atoms with Gasteiger partial charge in [0.25, 0.3) is 11.5 Å². The third-order valence-electron chi connectivity index (χ3n) is 5.23. The van der Waals surface area contributed by atoms with Gasteiger partial charge in [0.05, 0.1) is 37.5 Å². The van der Waals surface area contributed by atoms with Crippen molar-refractivity contribution in [1.29, 1.82) is 0 Å². The molecule has 29 heavy (non-hydrogen) atoms. The van der Waals surface area contributed by atoms with E-state index in [1.807, 2.05) is 18.2 Å². The topological polar surface area (TPSA) is 86.6 Å². The molecule has 2 aromatic heterocycles. The van der Waals surface area contributed by atoms with Crippen LogP contribution in [-0.2, 0) is 0 Å². The third kappa shape index (κ3) is 3.53. The minimum absolute atomic E-state index is 0.0846. The standard InChI is InChI=1S/C21H22N4O4/c1-28-18-10-9-16(19(23-18)29-2)20(26)24-11-5-6-14(12-24)25-13-22-17-8-4-3-7-15(17)21(25)27/h3-4,7-10,13-14H,5-6,11-12H2,1-2H3/t14-/m0/s1. The van der Waals surface area contributed by atoms with Gasteiger partial charge in [-0.15, -0.1) is 0 Å². The number of hydrogen-bond donors (Lipinski definition) is 0. The molecule has 1 aliphatic rings. The highest BCUT2D eigenvalue weighted by Crippen LogP contribution is 2.26. The van der Waals surface area contributed by atoms with Crippen LogP contribution in [-0.4, -0.2) is 52.7 Å². The highest BCUT2D eigenvalue weighted by molar-refractivity contribution is 5.96. The number of rotatable bonds is 4. The van der Waals surface area contributed by atoms with Crippen LogP contribution in [0.2, 0.25) is 0 Å². The van der Waals surface area contributed by atoms with E-state index in [9.17, 15) is 9.59 Å². The van der Waals surface area contributed by atoms with Crippen LogP contribution in [0.1, 0.15) is 29.2 Å². The third-order valence-corrected chi connectivity index (χ3v) is 5.23. The van der Waals surface area contributed by atoms with Gasteiger partial charge in [0.1, 0.15) is 5.56 Å². The van der Waals surface area contributed by atoms with Gasteiger partial charge in [-0.3, -0.25) is 14.2 Å². The fourth-order valence-electron chi connectivity index (χ4n) is 3.74. The minimum atomic E-state index is -0.177. The average Bonchev–Trinajstić information content (AvgIpc) is 2.78. The molecule has 8 nitrogen and oxygen atoms in total. The summed E-state index contributed by atoms with van der Waals surface area (Å²) in [5.41, 5.74) is 0.961. The summed E-state index contributed by atoms with van der Waals surface area (Å²) >= 11 is 0. The second-order valence-corrected chi connectivity index (χ2v) is 6.93. The lowest BCUT2D eigenvalue weighted by molar-refractivity contribution is 0.0673. The van der Waals surface area contributed by atoms with Crippen LogP contribution in [0.5, 0.6) is 11.8 Å². The molecule has 0 aliphatic carbocycles. The lowest BCUT2D eigenvalue weighted by Gasteiger charge is -2.33. The number of hydrogen-bond acceptors (Lipinski definition) is 6. The molecule has 1 fully saturated rings. The van der Waals surface area contributed by atoms with Crippen molar-refractivity contribution < 1.29 is 14.3 Å². The summed E-state index contributed by atoms with van der Waals surface area (Å²) in [6, 6.07) is 10.4. The number of ether oxygens (including phenoxy) is 2. The fraction of sp³-hybridized carbons (Fsp3) is 0.333. The van der Waals surface area contributed by atoms with E-state index in [-0.39, 0.29) is 23.4 Å². The molecule has 150 valence electrons. The molecule has 1 saturated heterocycles. The summed E-state index contributed by atoms with van der Waals surface area (Å²) in [6.07, 6.45) is 3.18. The van der Waals surface area contributed by atoms with Crippen LogP contribution < -0.4 is 15.0 Å².